The Labute approximate surface area is 302 Å². The Kier molecular flexibility index (Phi) is 8.85. The summed E-state index contributed by atoms with van der Waals surface area (Å²) in [5, 5.41) is 11.3. The molecule has 6 heterocycles. The number of likely N-dealkylation sites (tertiary alicyclic amines) is 2. The van der Waals surface area contributed by atoms with Gasteiger partial charge in [-0.2, -0.15) is 9.97 Å². The van der Waals surface area contributed by atoms with Gasteiger partial charge >= 0.3 is 12.1 Å². The number of carbonyl (C=O) groups excluding carboxylic acids is 1. The Hall–Kier alpha value is -4.69. The molecule has 1 N–H and O–H groups in total. The van der Waals surface area contributed by atoms with E-state index in [1.54, 1.807) is 30.1 Å². The van der Waals surface area contributed by atoms with Crippen molar-refractivity contribution in [1.82, 2.24) is 29.7 Å². The molecule has 0 bridgehead atoms. The topological polar surface area (TPSA) is 115 Å². The molecule has 4 aliphatic heterocycles. The number of ether oxygens (including phenoxy) is 1. The first-order valence-electron chi connectivity index (χ1n) is 17.4. The number of pyridine rings is 1. The van der Waals surface area contributed by atoms with Gasteiger partial charge in [-0.3, -0.25) is 14.7 Å². The number of carbonyl (C=O) groups is 2. The number of amides is 2. The number of fused-ring (bicyclic) bond motifs is 3. The molecule has 4 saturated heterocycles. The van der Waals surface area contributed by atoms with Gasteiger partial charge in [-0.1, -0.05) is 48.0 Å². The number of alkyl halides is 2. The van der Waals surface area contributed by atoms with E-state index >= 15 is 8.78 Å². The van der Waals surface area contributed by atoms with E-state index in [2.05, 4.69) is 19.9 Å². The highest BCUT2D eigenvalue weighted by Gasteiger charge is 2.49. The molecule has 0 radical (unpaired) electrons. The lowest BCUT2D eigenvalue weighted by Crippen LogP contribution is -2.49. The van der Waals surface area contributed by atoms with Crippen LogP contribution >= 0.6 is 11.6 Å². The molecule has 2 aromatic heterocycles. The van der Waals surface area contributed by atoms with Crippen LogP contribution in [0.15, 0.2) is 54.7 Å². The Morgan fingerprint density at radius 2 is 1.94 bits per heavy atom. The van der Waals surface area contributed by atoms with E-state index in [9.17, 15) is 19.1 Å². The van der Waals surface area contributed by atoms with E-state index in [0.717, 1.165) is 24.8 Å². The van der Waals surface area contributed by atoms with Crippen molar-refractivity contribution in [2.75, 3.05) is 51.3 Å². The van der Waals surface area contributed by atoms with E-state index in [4.69, 9.17) is 16.3 Å². The van der Waals surface area contributed by atoms with Crippen molar-refractivity contribution in [1.29, 1.82) is 0 Å². The summed E-state index contributed by atoms with van der Waals surface area (Å²) < 4.78 is 53.4. The number of halogens is 4. The number of benzene rings is 2. The van der Waals surface area contributed by atoms with Crippen molar-refractivity contribution in [3.63, 3.8) is 0 Å². The second-order valence-electron chi connectivity index (χ2n) is 14.1. The Morgan fingerprint density at radius 3 is 2.71 bits per heavy atom. The molecule has 52 heavy (non-hydrogen) atoms. The Balaban J connectivity index is 1.14. The number of rotatable bonds is 8. The molecule has 4 aromatic rings. The molecule has 4 fully saturated rings. The quantitative estimate of drug-likeness (QED) is 0.222. The van der Waals surface area contributed by atoms with Crippen LogP contribution < -0.4 is 9.64 Å². The van der Waals surface area contributed by atoms with Crippen LogP contribution in [-0.4, -0.2) is 123 Å². The number of likely N-dealkylation sites (N-methyl/N-ethyl adjacent to an activating group) is 1. The number of hydrogen-bond donors (Lipinski definition) is 1. The van der Waals surface area contributed by atoms with Crippen LogP contribution in [0.5, 0.6) is 6.01 Å². The lowest BCUT2D eigenvalue weighted by Gasteiger charge is -2.36. The molecule has 272 valence electrons. The molecule has 5 atom stereocenters. The zero-order valence-electron chi connectivity index (χ0n) is 28.4. The number of anilines is 1. The van der Waals surface area contributed by atoms with Crippen LogP contribution in [0.1, 0.15) is 25.7 Å². The normalized spacial score (nSPS) is 26.0. The zero-order valence-corrected chi connectivity index (χ0v) is 29.1. The predicted molar refractivity (Wildman–Crippen MR) is 190 cm³/mol. The molecule has 15 heteroatoms. The summed E-state index contributed by atoms with van der Waals surface area (Å²) in [5.41, 5.74) is -0.129. The molecular weight excluding hydrogens is 699 g/mol. The van der Waals surface area contributed by atoms with E-state index in [1.807, 2.05) is 18.2 Å². The molecule has 0 spiro atoms. The highest BCUT2D eigenvalue weighted by molar-refractivity contribution is 6.36. The summed E-state index contributed by atoms with van der Waals surface area (Å²) >= 11 is 6.59. The summed E-state index contributed by atoms with van der Waals surface area (Å²) in [4.78, 5) is 44.3. The lowest BCUT2D eigenvalue weighted by atomic mass is 9.95. The van der Waals surface area contributed by atoms with Gasteiger partial charge < -0.3 is 24.5 Å². The van der Waals surface area contributed by atoms with Gasteiger partial charge in [0.15, 0.2) is 5.82 Å². The first kappa shape index (κ1) is 34.4. The van der Waals surface area contributed by atoms with Gasteiger partial charge in [0.25, 0.3) is 0 Å². The minimum absolute atomic E-state index is 0.00566. The number of nitrogens with zero attached hydrogens (tertiary/aromatic N) is 7. The summed E-state index contributed by atoms with van der Waals surface area (Å²) in [5.74, 6) is -1.02. The minimum atomic E-state index is -1.49. The first-order chi connectivity index (χ1) is 25.0. The van der Waals surface area contributed by atoms with Crippen LogP contribution in [0.2, 0.25) is 5.02 Å². The van der Waals surface area contributed by atoms with Crippen molar-refractivity contribution in [3.05, 3.63) is 65.6 Å². The second kappa shape index (κ2) is 13.4. The molecule has 8 rings (SSSR count). The van der Waals surface area contributed by atoms with E-state index < -0.39 is 47.8 Å². The van der Waals surface area contributed by atoms with Crippen molar-refractivity contribution in [3.8, 4) is 17.3 Å². The maximum atomic E-state index is 16.8. The second-order valence-corrected chi connectivity index (χ2v) is 14.6. The van der Waals surface area contributed by atoms with Gasteiger partial charge in [0.2, 0.25) is 5.91 Å². The lowest BCUT2D eigenvalue weighted by molar-refractivity contribution is -0.125. The summed E-state index contributed by atoms with van der Waals surface area (Å²) in [6.45, 7) is 1.38. The van der Waals surface area contributed by atoms with Gasteiger partial charge in [-0.15, -0.1) is 0 Å². The molecular formula is C37H37ClF3N7O4. The highest BCUT2D eigenvalue weighted by atomic mass is 35.5. The molecule has 4 aliphatic rings. The van der Waals surface area contributed by atoms with Gasteiger partial charge in [0.05, 0.1) is 29.6 Å². The van der Waals surface area contributed by atoms with Gasteiger partial charge in [-0.05, 0) is 37.3 Å². The molecule has 0 aliphatic carbocycles. The van der Waals surface area contributed by atoms with Crippen LogP contribution in [-0.2, 0) is 4.79 Å². The van der Waals surface area contributed by atoms with Crippen LogP contribution in [0.3, 0.4) is 0 Å². The molecule has 0 saturated carbocycles. The highest BCUT2D eigenvalue weighted by Crippen LogP contribution is 2.41. The standard InChI is InChI=1S/C37H37ClF3N7O4/c1-45(28-19-46(18-27(28)40)29(49)10-9-23-11-14-48(23)36(50)51)34-25-16-42-32(24-7-2-5-21-6-3-8-26(38)30(21)24)31(41)33(25)43-35(44-34)52-20-37-12-4-13-47(37)17-22(39)15-37/h2-3,5-10,16,22-23,27-28H,4,11-15,17-20H2,1H3,(H,50,51)/b10-9+/t22-,23-,27+,28+,37+/m1/s1. The molecule has 2 amide bonds. The third-order valence-corrected chi connectivity index (χ3v) is 11.4. The number of aromatic nitrogens is 3. The fourth-order valence-electron chi connectivity index (χ4n) is 8.28. The van der Waals surface area contributed by atoms with Crippen molar-refractivity contribution < 1.29 is 32.6 Å². The van der Waals surface area contributed by atoms with Gasteiger partial charge in [0.1, 0.15) is 36.0 Å². The monoisotopic (exact) mass is 735 g/mol. The van der Waals surface area contributed by atoms with Crippen LogP contribution in [0, 0.1) is 5.82 Å². The van der Waals surface area contributed by atoms with E-state index in [0.29, 0.717) is 41.9 Å². The number of carboxylic acid groups (broad SMARTS) is 1. The Morgan fingerprint density at radius 1 is 1.13 bits per heavy atom. The van der Waals surface area contributed by atoms with Crippen molar-refractivity contribution in [2.45, 2.75) is 55.6 Å². The first-order valence-corrected chi connectivity index (χ1v) is 17.8. The van der Waals surface area contributed by atoms with E-state index in [1.165, 1.54) is 28.1 Å². The third kappa shape index (κ3) is 5.95. The molecule has 0 unspecified atom stereocenters. The third-order valence-electron chi connectivity index (χ3n) is 11.1. The SMILES string of the molecule is CN(c1nc(OC[C@@]23CCCN2C[C@H](F)C3)nc2c(F)c(-c3cccc4cccc(Cl)c34)ncc12)[C@H]1CN(C(=O)/C=C/[C@@H]2CCN2C(=O)O)C[C@@H]1F. The Bertz CT molecular complexity index is 2100. The largest absolute Gasteiger partial charge is 0.465 e. The van der Waals surface area contributed by atoms with Crippen molar-refractivity contribution in [2.24, 2.45) is 0 Å². The van der Waals surface area contributed by atoms with Crippen LogP contribution in [0.4, 0.5) is 23.8 Å². The fraction of sp³-hybridized carbons (Fsp3) is 0.432. The molecule has 11 nitrogen and oxygen atoms in total. The zero-order chi connectivity index (χ0) is 36.3. The maximum absolute atomic E-state index is 16.8. The smallest absolute Gasteiger partial charge is 0.407 e. The van der Waals surface area contributed by atoms with Crippen molar-refractivity contribution >= 4 is 51.1 Å². The molecule has 2 aromatic carbocycles. The predicted octanol–water partition coefficient (Wildman–Crippen LogP) is 5.89. The number of hydrogen-bond acceptors (Lipinski definition) is 8. The summed E-state index contributed by atoms with van der Waals surface area (Å²) in [7, 11) is 1.62. The van der Waals surface area contributed by atoms with Gasteiger partial charge in [0, 0.05) is 61.3 Å². The van der Waals surface area contributed by atoms with E-state index in [-0.39, 0.29) is 48.1 Å². The van der Waals surface area contributed by atoms with Gasteiger partial charge in [-0.25, -0.2) is 18.0 Å². The maximum Gasteiger partial charge on any atom is 0.407 e. The average molecular weight is 736 g/mol. The summed E-state index contributed by atoms with van der Waals surface area (Å²) in [6.07, 6.45) is 3.31. The fourth-order valence-corrected chi connectivity index (χ4v) is 8.56. The average Bonchev–Trinajstić information content (AvgIpc) is 3.77. The van der Waals surface area contributed by atoms with Crippen LogP contribution in [0.25, 0.3) is 32.9 Å². The summed E-state index contributed by atoms with van der Waals surface area (Å²) in [6, 6.07) is 9.39. The minimum Gasteiger partial charge on any atom is -0.465 e.